The third kappa shape index (κ3) is 1.97. The van der Waals surface area contributed by atoms with E-state index >= 15 is 0 Å². The van der Waals surface area contributed by atoms with E-state index in [9.17, 15) is 4.79 Å². The molecule has 0 aliphatic heterocycles. The number of imidazole rings is 1. The molecule has 0 spiro atoms. The molecule has 0 saturated carbocycles. The number of carboxylic acid groups (broad SMARTS) is 1. The summed E-state index contributed by atoms with van der Waals surface area (Å²) in [5.41, 5.74) is 3.80. The first-order valence-corrected chi connectivity index (χ1v) is 5.93. The quantitative estimate of drug-likeness (QED) is 0.762. The number of carbonyl (C=O) groups is 1. The second-order valence-corrected chi connectivity index (χ2v) is 4.41. The van der Waals surface area contributed by atoms with Crippen LogP contribution in [0.3, 0.4) is 0 Å². The average molecular weight is 252 g/mol. The van der Waals surface area contributed by atoms with E-state index in [1.54, 1.807) is 18.2 Å². The zero-order valence-electron chi connectivity index (χ0n) is 10.4. The van der Waals surface area contributed by atoms with E-state index in [0.717, 1.165) is 22.6 Å². The van der Waals surface area contributed by atoms with Gasteiger partial charge in [0.05, 0.1) is 11.3 Å². The standard InChI is InChI=1S/C15H12N2O2/c1-10-4-2-7-14-16-13(9-17(10)14)11-5-3-6-12(8-11)15(18)19/h2-9H,1H3,(H,18,19). The smallest absolute Gasteiger partial charge is 0.335 e. The average Bonchev–Trinajstić information content (AvgIpc) is 2.84. The Morgan fingerprint density at radius 2 is 2.00 bits per heavy atom. The highest BCUT2D eigenvalue weighted by Crippen LogP contribution is 2.21. The highest BCUT2D eigenvalue weighted by molar-refractivity contribution is 5.89. The van der Waals surface area contributed by atoms with E-state index in [2.05, 4.69) is 4.98 Å². The monoisotopic (exact) mass is 252 g/mol. The van der Waals surface area contributed by atoms with E-state index in [4.69, 9.17) is 5.11 Å². The molecule has 4 heteroatoms. The lowest BCUT2D eigenvalue weighted by atomic mass is 10.1. The predicted molar refractivity (Wildman–Crippen MR) is 72.3 cm³/mol. The summed E-state index contributed by atoms with van der Waals surface area (Å²) in [6, 6.07) is 12.7. The second kappa shape index (κ2) is 4.24. The maximum atomic E-state index is 11.0. The third-order valence-corrected chi connectivity index (χ3v) is 3.10. The Labute approximate surface area is 110 Å². The molecule has 0 aliphatic carbocycles. The Morgan fingerprint density at radius 3 is 2.74 bits per heavy atom. The van der Waals surface area contributed by atoms with Gasteiger partial charge < -0.3 is 9.51 Å². The Bertz CT molecular complexity index is 775. The molecule has 3 aromatic rings. The third-order valence-electron chi connectivity index (χ3n) is 3.10. The van der Waals surface area contributed by atoms with Crippen molar-refractivity contribution in [3.8, 4) is 11.3 Å². The van der Waals surface area contributed by atoms with Crippen LogP contribution in [0.2, 0.25) is 0 Å². The minimum atomic E-state index is -0.929. The van der Waals surface area contributed by atoms with E-state index in [0.29, 0.717) is 0 Å². The van der Waals surface area contributed by atoms with Crippen molar-refractivity contribution in [1.29, 1.82) is 0 Å². The summed E-state index contributed by atoms with van der Waals surface area (Å²) < 4.78 is 1.99. The summed E-state index contributed by atoms with van der Waals surface area (Å²) in [6.07, 6.45) is 1.92. The number of hydrogen-bond donors (Lipinski definition) is 1. The number of carboxylic acids is 1. The molecule has 0 unspecified atom stereocenters. The van der Waals surface area contributed by atoms with Crippen LogP contribution in [-0.2, 0) is 0 Å². The number of fused-ring (bicyclic) bond motifs is 1. The molecule has 0 atom stereocenters. The summed E-state index contributed by atoms with van der Waals surface area (Å²) in [7, 11) is 0. The van der Waals surface area contributed by atoms with Gasteiger partial charge in [-0.15, -0.1) is 0 Å². The molecule has 4 nitrogen and oxygen atoms in total. The Hall–Kier alpha value is -2.62. The fourth-order valence-electron chi connectivity index (χ4n) is 2.10. The number of aryl methyl sites for hydroxylation is 1. The topological polar surface area (TPSA) is 54.6 Å². The molecular weight excluding hydrogens is 240 g/mol. The molecule has 0 aliphatic rings. The van der Waals surface area contributed by atoms with E-state index in [1.807, 2.05) is 41.8 Å². The van der Waals surface area contributed by atoms with Gasteiger partial charge in [-0.05, 0) is 31.2 Å². The van der Waals surface area contributed by atoms with Gasteiger partial charge in [-0.1, -0.05) is 18.2 Å². The van der Waals surface area contributed by atoms with E-state index in [1.165, 1.54) is 0 Å². The maximum absolute atomic E-state index is 11.0. The van der Waals surface area contributed by atoms with Gasteiger partial charge in [0.2, 0.25) is 0 Å². The van der Waals surface area contributed by atoms with Crippen molar-refractivity contribution in [2.24, 2.45) is 0 Å². The summed E-state index contributed by atoms with van der Waals surface area (Å²) in [5.74, 6) is -0.929. The van der Waals surface area contributed by atoms with Crippen LogP contribution in [0, 0.1) is 6.92 Å². The fourth-order valence-corrected chi connectivity index (χ4v) is 2.10. The molecule has 3 rings (SSSR count). The van der Waals surface area contributed by atoms with Crippen LogP contribution in [0.5, 0.6) is 0 Å². The molecule has 0 bridgehead atoms. The number of rotatable bonds is 2. The number of nitrogens with zero attached hydrogens (tertiary/aromatic N) is 2. The molecule has 1 N–H and O–H groups in total. The van der Waals surface area contributed by atoms with Crippen LogP contribution in [-0.4, -0.2) is 20.5 Å². The highest BCUT2D eigenvalue weighted by Gasteiger charge is 2.08. The van der Waals surface area contributed by atoms with Crippen molar-refractivity contribution in [3.05, 3.63) is 59.9 Å². The molecular formula is C15H12N2O2. The normalized spacial score (nSPS) is 10.8. The molecule has 19 heavy (non-hydrogen) atoms. The summed E-state index contributed by atoms with van der Waals surface area (Å²) in [6.45, 7) is 2.01. The van der Waals surface area contributed by atoms with E-state index in [-0.39, 0.29) is 5.56 Å². The molecule has 2 aromatic heterocycles. The number of aromatic nitrogens is 2. The summed E-state index contributed by atoms with van der Waals surface area (Å²) in [5, 5.41) is 9.01. The van der Waals surface area contributed by atoms with Crippen LogP contribution in [0.15, 0.2) is 48.7 Å². The molecule has 2 heterocycles. The first kappa shape index (κ1) is 11.5. The van der Waals surface area contributed by atoms with Gasteiger partial charge in [-0.2, -0.15) is 0 Å². The molecule has 1 aromatic carbocycles. The zero-order valence-corrected chi connectivity index (χ0v) is 10.4. The molecule has 0 saturated heterocycles. The largest absolute Gasteiger partial charge is 0.478 e. The highest BCUT2D eigenvalue weighted by atomic mass is 16.4. The second-order valence-electron chi connectivity index (χ2n) is 4.41. The first-order valence-electron chi connectivity index (χ1n) is 5.93. The molecule has 0 amide bonds. The zero-order chi connectivity index (χ0) is 13.4. The van der Waals surface area contributed by atoms with Gasteiger partial charge in [0.1, 0.15) is 5.65 Å². The Morgan fingerprint density at radius 1 is 1.21 bits per heavy atom. The molecule has 94 valence electrons. The first-order chi connectivity index (χ1) is 9.15. The fraction of sp³-hybridized carbons (Fsp3) is 0.0667. The Kier molecular flexibility index (Phi) is 2.56. The summed E-state index contributed by atoms with van der Waals surface area (Å²) >= 11 is 0. The maximum Gasteiger partial charge on any atom is 0.335 e. The number of benzene rings is 1. The van der Waals surface area contributed by atoms with Crippen molar-refractivity contribution in [3.63, 3.8) is 0 Å². The molecule has 0 fully saturated rings. The van der Waals surface area contributed by atoms with Gasteiger partial charge in [-0.25, -0.2) is 9.78 Å². The SMILES string of the molecule is Cc1cccc2nc(-c3cccc(C(=O)O)c3)cn12. The van der Waals surface area contributed by atoms with Crippen molar-refractivity contribution in [1.82, 2.24) is 9.38 Å². The van der Waals surface area contributed by atoms with Crippen LogP contribution in [0.1, 0.15) is 16.1 Å². The molecule has 0 radical (unpaired) electrons. The predicted octanol–water partition coefficient (Wildman–Crippen LogP) is 3.01. The van der Waals surface area contributed by atoms with Crippen LogP contribution < -0.4 is 0 Å². The van der Waals surface area contributed by atoms with Crippen LogP contribution >= 0.6 is 0 Å². The van der Waals surface area contributed by atoms with Gasteiger partial charge in [0.15, 0.2) is 0 Å². The van der Waals surface area contributed by atoms with Crippen molar-refractivity contribution in [2.45, 2.75) is 6.92 Å². The number of hydrogen-bond acceptors (Lipinski definition) is 2. The van der Waals surface area contributed by atoms with Gasteiger partial charge in [0.25, 0.3) is 0 Å². The van der Waals surface area contributed by atoms with Gasteiger partial charge in [0, 0.05) is 17.5 Å². The van der Waals surface area contributed by atoms with Crippen molar-refractivity contribution >= 4 is 11.6 Å². The van der Waals surface area contributed by atoms with Gasteiger partial charge in [-0.3, -0.25) is 0 Å². The lowest BCUT2D eigenvalue weighted by molar-refractivity contribution is 0.0697. The number of aromatic carboxylic acids is 1. The van der Waals surface area contributed by atoms with E-state index < -0.39 is 5.97 Å². The van der Waals surface area contributed by atoms with Crippen LogP contribution in [0.4, 0.5) is 0 Å². The van der Waals surface area contributed by atoms with Crippen LogP contribution in [0.25, 0.3) is 16.9 Å². The van der Waals surface area contributed by atoms with Crippen molar-refractivity contribution < 1.29 is 9.90 Å². The lowest BCUT2D eigenvalue weighted by Gasteiger charge is -1.98. The lowest BCUT2D eigenvalue weighted by Crippen LogP contribution is -1.95. The Balaban J connectivity index is 2.16. The minimum Gasteiger partial charge on any atom is -0.478 e. The summed E-state index contributed by atoms with van der Waals surface area (Å²) in [4.78, 5) is 15.5. The number of pyridine rings is 1. The minimum absolute atomic E-state index is 0.270. The van der Waals surface area contributed by atoms with Gasteiger partial charge >= 0.3 is 5.97 Å². The van der Waals surface area contributed by atoms with Crippen molar-refractivity contribution in [2.75, 3.05) is 0 Å².